The van der Waals surface area contributed by atoms with E-state index in [2.05, 4.69) is 25.2 Å². The molecular weight excluding hydrogens is 292 g/mol. The summed E-state index contributed by atoms with van der Waals surface area (Å²) in [6, 6.07) is 1.95. The maximum atomic E-state index is 12.2. The van der Waals surface area contributed by atoms with Crippen LogP contribution in [0, 0.1) is 0 Å². The molecule has 0 bridgehead atoms. The van der Waals surface area contributed by atoms with E-state index in [1.165, 1.54) is 12.5 Å². The molecule has 2 aromatic rings. The molecule has 0 saturated heterocycles. The predicted octanol–water partition coefficient (Wildman–Crippen LogP) is 0.120. The zero-order valence-corrected chi connectivity index (χ0v) is 13.1. The van der Waals surface area contributed by atoms with Crippen LogP contribution in [0.4, 0.5) is 0 Å². The summed E-state index contributed by atoms with van der Waals surface area (Å²) in [6.45, 7) is 4.76. The summed E-state index contributed by atoms with van der Waals surface area (Å²) in [6.07, 6.45) is 3.01. The fraction of sp³-hybridized carbons (Fsp3) is 0.500. The largest absolute Gasteiger partial charge is 0.363 e. The second-order valence-electron chi connectivity index (χ2n) is 5.08. The molecule has 0 aliphatic rings. The smallest absolute Gasteiger partial charge is 0.242 e. The van der Waals surface area contributed by atoms with Gasteiger partial charge in [0.2, 0.25) is 10.0 Å². The van der Waals surface area contributed by atoms with Gasteiger partial charge < -0.3 is 14.9 Å². The Morgan fingerprint density at radius 2 is 2.14 bits per heavy atom. The summed E-state index contributed by atoms with van der Waals surface area (Å²) in [5, 5.41) is 10.8. The van der Waals surface area contributed by atoms with Gasteiger partial charge in [-0.15, -0.1) is 10.2 Å². The number of hydrogen-bond acceptors (Lipinski definition) is 5. The normalized spacial score (nSPS) is 12.2. The van der Waals surface area contributed by atoms with Gasteiger partial charge in [-0.05, 0) is 6.07 Å². The van der Waals surface area contributed by atoms with Crippen molar-refractivity contribution < 1.29 is 8.42 Å². The Morgan fingerprint density at radius 3 is 2.76 bits per heavy atom. The third-order valence-corrected chi connectivity index (χ3v) is 4.33. The summed E-state index contributed by atoms with van der Waals surface area (Å²) < 4.78 is 28.5. The minimum absolute atomic E-state index is 0.101. The van der Waals surface area contributed by atoms with Crippen LogP contribution in [-0.2, 0) is 30.2 Å². The topological polar surface area (TPSA) is 105 Å². The molecule has 2 heterocycles. The Morgan fingerprint density at radius 1 is 1.38 bits per heavy atom. The third-order valence-electron chi connectivity index (χ3n) is 2.95. The SMILES string of the molecule is CC(C)NCc1cc(S(=O)(=O)NCc2nncn2C)c[nH]1. The van der Waals surface area contributed by atoms with Gasteiger partial charge in [-0.2, -0.15) is 0 Å². The van der Waals surface area contributed by atoms with Gasteiger partial charge >= 0.3 is 0 Å². The highest BCUT2D eigenvalue weighted by atomic mass is 32.2. The number of hydrogen-bond donors (Lipinski definition) is 3. The lowest BCUT2D eigenvalue weighted by atomic mass is 10.3. The molecule has 0 aliphatic heterocycles. The molecular formula is C12H20N6O2S. The molecule has 8 nitrogen and oxygen atoms in total. The molecule has 0 aliphatic carbocycles. The third kappa shape index (κ3) is 4.13. The summed E-state index contributed by atoms with van der Waals surface area (Å²) in [4.78, 5) is 3.17. The van der Waals surface area contributed by atoms with Gasteiger partial charge in [0.1, 0.15) is 12.2 Å². The average Bonchev–Trinajstić information content (AvgIpc) is 3.03. The summed E-state index contributed by atoms with van der Waals surface area (Å²) in [7, 11) is -1.80. The Labute approximate surface area is 124 Å². The van der Waals surface area contributed by atoms with Crippen LogP contribution in [0.25, 0.3) is 0 Å². The van der Waals surface area contributed by atoms with Gasteiger partial charge in [-0.25, -0.2) is 13.1 Å². The average molecular weight is 312 g/mol. The van der Waals surface area contributed by atoms with Crippen LogP contribution in [-0.4, -0.2) is 34.2 Å². The van der Waals surface area contributed by atoms with E-state index < -0.39 is 10.0 Å². The molecule has 21 heavy (non-hydrogen) atoms. The van der Waals surface area contributed by atoms with E-state index in [4.69, 9.17) is 0 Å². The van der Waals surface area contributed by atoms with Gasteiger partial charge in [0.25, 0.3) is 0 Å². The number of nitrogens with one attached hydrogen (secondary N) is 3. The number of nitrogens with zero attached hydrogens (tertiary/aromatic N) is 3. The van der Waals surface area contributed by atoms with E-state index in [1.807, 2.05) is 13.8 Å². The number of aromatic nitrogens is 4. The zero-order chi connectivity index (χ0) is 15.5. The Bertz CT molecular complexity index is 688. The highest BCUT2D eigenvalue weighted by molar-refractivity contribution is 7.89. The van der Waals surface area contributed by atoms with Crippen LogP contribution in [0.5, 0.6) is 0 Å². The van der Waals surface area contributed by atoms with Crippen molar-refractivity contribution in [1.29, 1.82) is 0 Å². The molecule has 116 valence electrons. The van der Waals surface area contributed by atoms with Crippen molar-refractivity contribution in [2.75, 3.05) is 0 Å². The Balaban J connectivity index is 2.01. The maximum Gasteiger partial charge on any atom is 0.242 e. The molecule has 0 spiro atoms. The van der Waals surface area contributed by atoms with Crippen molar-refractivity contribution in [2.45, 2.75) is 37.9 Å². The van der Waals surface area contributed by atoms with Crippen LogP contribution in [0.1, 0.15) is 25.4 Å². The van der Waals surface area contributed by atoms with Crippen molar-refractivity contribution in [2.24, 2.45) is 7.05 Å². The quantitative estimate of drug-likeness (QED) is 0.673. The minimum atomic E-state index is -3.56. The molecule has 0 unspecified atom stereocenters. The van der Waals surface area contributed by atoms with Crippen molar-refractivity contribution >= 4 is 10.0 Å². The van der Waals surface area contributed by atoms with Gasteiger partial charge in [0.15, 0.2) is 0 Å². The second-order valence-corrected chi connectivity index (χ2v) is 6.85. The van der Waals surface area contributed by atoms with Crippen LogP contribution in [0.2, 0.25) is 0 Å². The van der Waals surface area contributed by atoms with E-state index in [1.54, 1.807) is 17.7 Å². The van der Waals surface area contributed by atoms with Gasteiger partial charge in [0, 0.05) is 31.5 Å². The van der Waals surface area contributed by atoms with Crippen LogP contribution >= 0.6 is 0 Å². The van der Waals surface area contributed by atoms with Crippen LogP contribution < -0.4 is 10.0 Å². The minimum Gasteiger partial charge on any atom is -0.363 e. The lowest BCUT2D eigenvalue weighted by Crippen LogP contribution is -2.24. The standard InChI is InChI=1S/C12H20N6O2S/c1-9(2)13-5-10-4-11(6-14-10)21(19,20)16-7-12-17-15-8-18(12)3/h4,6,8-9,13-14,16H,5,7H2,1-3H3. The first kappa shape index (κ1) is 15.7. The number of rotatable bonds is 7. The highest BCUT2D eigenvalue weighted by Crippen LogP contribution is 2.11. The van der Waals surface area contributed by atoms with E-state index in [0.717, 1.165) is 5.69 Å². The van der Waals surface area contributed by atoms with Crippen LogP contribution in [0.15, 0.2) is 23.5 Å². The van der Waals surface area contributed by atoms with Crippen molar-refractivity contribution in [3.63, 3.8) is 0 Å². The molecule has 0 fully saturated rings. The van der Waals surface area contributed by atoms with Gasteiger partial charge in [-0.3, -0.25) is 0 Å². The van der Waals surface area contributed by atoms with Crippen molar-refractivity contribution in [3.05, 3.63) is 30.1 Å². The molecule has 0 aromatic carbocycles. The summed E-state index contributed by atoms with van der Waals surface area (Å²) in [5.74, 6) is 0.552. The fourth-order valence-corrected chi connectivity index (χ4v) is 2.70. The lowest BCUT2D eigenvalue weighted by molar-refractivity contribution is 0.577. The van der Waals surface area contributed by atoms with Crippen molar-refractivity contribution in [3.8, 4) is 0 Å². The first-order chi connectivity index (χ1) is 9.88. The maximum absolute atomic E-state index is 12.2. The second kappa shape index (κ2) is 6.37. The molecule has 2 rings (SSSR count). The Hall–Kier alpha value is -1.71. The number of aryl methyl sites for hydroxylation is 1. The van der Waals surface area contributed by atoms with E-state index in [-0.39, 0.29) is 11.4 Å². The van der Waals surface area contributed by atoms with Crippen LogP contribution in [0.3, 0.4) is 0 Å². The Kier molecular flexibility index (Phi) is 4.76. The highest BCUT2D eigenvalue weighted by Gasteiger charge is 2.16. The van der Waals surface area contributed by atoms with Crippen molar-refractivity contribution in [1.82, 2.24) is 29.8 Å². The number of aromatic amines is 1. The molecule has 3 N–H and O–H groups in total. The van der Waals surface area contributed by atoms with E-state index in [0.29, 0.717) is 18.4 Å². The molecule has 2 aromatic heterocycles. The zero-order valence-electron chi connectivity index (χ0n) is 12.3. The van der Waals surface area contributed by atoms with E-state index in [9.17, 15) is 8.42 Å². The lowest BCUT2D eigenvalue weighted by Gasteiger charge is -2.05. The first-order valence-electron chi connectivity index (χ1n) is 6.61. The van der Waals surface area contributed by atoms with Gasteiger partial charge in [-0.1, -0.05) is 13.8 Å². The first-order valence-corrected chi connectivity index (χ1v) is 8.10. The predicted molar refractivity (Wildman–Crippen MR) is 77.8 cm³/mol. The summed E-state index contributed by atoms with van der Waals surface area (Å²) in [5.41, 5.74) is 0.822. The summed E-state index contributed by atoms with van der Waals surface area (Å²) >= 11 is 0. The monoisotopic (exact) mass is 312 g/mol. The van der Waals surface area contributed by atoms with E-state index >= 15 is 0 Å². The number of sulfonamides is 1. The molecule has 9 heteroatoms. The molecule has 0 radical (unpaired) electrons. The molecule has 0 atom stereocenters. The number of H-pyrrole nitrogens is 1. The fourth-order valence-electron chi connectivity index (χ4n) is 1.70. The van der Waals surface area contributed by atoms with Gasteiger partial charge in [0.05, 0.1) is 11.4 Å². The molecule has 0 saturated carbocycles. The molecule has 0 amide bonds.